The first kappa shape index (κ1) is 27.0. The van der Waals surface area contributed by atoms with Gasteiger partial charge < -0.3 is 39.6 Å². The van der Waals surface area contributed by atoms with Crippen LogP contribution < -0.4 is 20.3 Å². The maximum Gasteiger partial charge on any atom is 0.175 e. The first-order valence-electron chi connectivity index (χ1n) is 13.7. The molecule has 11 nitrogen and oxygen atoms in total. The number of anilines is 2. The van der Waals surface area contributed by atoms with E-state index in [4.69, 9.17) is 34.6 Å². The average molecular weight is 559 g/mol. The Bertz CT molecular complexity index is 1170. The zero-order valence-corrected chi connectivity index (χ0v) is 23.4. The van der Waals surface area contributed by atoms with Gasteiger partial charge in [0.1, 0.15) is 24.1 Å². The Labute approximate surface area is 233 Å². The first-order chi connectivity index (χ1) is 19.0. The van der Waals surface area contributed by atoms with Crippen LogP contribution in [0.25, 0.3) is 0 Å². The zero-order valence-electron chi connectivity index (χ0n) is 22.6. The summed E-state index contributed by atoms with van der Waals surface area (Å²) in [5, 5.41) is 10.9. The van der Waals surface area contributed by atoms with Crippen molar-refractivity contribution in [3.05, 3.63) is 24.2 Å². The largest absolute Gasteiger partial charge is 0.486 e. The summed E-state index contributed by atoms with van der Waals surface area (Å²) in [4.78, 5) is 19.7. The number of hydrogen-bond donors (Lipinski definition) is 2. The Morgan fingerprint density at radius 3 is 2.85 bits per heavy atom. The Kier molecular flexibility index (Phi) is 7.84. The lowest BCUT2D eigenvalue weighted by molar-refractivity contribution is -0.0414. The number of fused-ring (bicyclic) bond motifs is 3. The molecule has 2 aromatic rings. The molecular weight excluding hydrogens is 520 g/mol. The molecule has 12 heteroatoms. The van der Waals surface area contributed by atoms with Crippen molar-refractivity contribution >= 4 is 23.4 Å². The van der Waals surface area contributed by atoms with Crippen molar-refractivity contribution in [2.24, 2.45) is 17.1 Å². The number of nitrogens with zero attached hydrogens (tertiary/aromatic N) is 5. The number of piperidine rings is 1. The van der Waals surface area contributed by atoms with Crippen LogP contribution in [0.2, 0.25) is 0 Å². The number of pyridine rings is 1. The minimum absolute atomic E-state index is 0.0320. The molecule has 6 heterocycles. The van der Waals surface area contributed by atoms with Gasteiger partial charge in [-0.2, -0.15) is 0 Å². The number of rotatable bonds is 8. The van der Waals surface area contributed by atoms with E-state index in [2.05, 4.69) is 21.7 Å². The van der Waals surface area contributed by atoms with Crippen LogP contribution in [0.1, 0.15) is 31.9 Å². The molecule has 3 saturated heterocycles. The quantitative estimate of drug-likeness (QED) is 0.363. The molecule has 0 amide bonds. The second-order valence-electron chi connectivity index (χ2n) is 11.1. The minimum atomic E-state index is -0.176. The lowest BCUT2D eigenvalue weighted by Crippen LogP contribution is -2.51. The third-order valence-corrected chi connectivity index (χ3v) is 9.61. The molecule has 0 aliphatic carbocycles. The van der Waals surface area contributed by atoms with E-state index in [1.54, 1.807) is 13.3 Å². The normalized spacial score (nSPS) is 27.5. The molecule has 0 saturated carbocycles. The van der Waals surface area contributed by atoms with E-state index in [9.17, 15) is 5.11 Å². The summed E-state index contributed by atoms with van der Waals surface area (Å²) in [5.74, 6) is 2.79. The van der Waals surface area contributed by atoms with Crippen LogP contribution in [0, 0.1) is 11.3 Å². The van der Waals surface area contributed by atoms with Gasteiger partial charge >= 0.3 is 0 Å². The molecule has 4 atom stereocenters. The van der Waals surface area contributed by atoms with E-state index in [1.807, 2.05) is 12.3 Å². The summed E-state index contributed by atoms with van der Waals surface area (Å²) >= 11 is 1.49. The summed E-state index contributed by atoms with van der Waals surface area (Å²) in [6, 6.07) is 2.30. The van der Waals surface area contributed by atoms with Crippen LogP contribution in [0.15, 0.2) is 28.4 Å². The molecule has 3 N–H and O–H groups in total. The van der Waals surface area contributed by atoms with E-state index < -0.39 is 0 Å². The molecule has 0 aromatic carbocycles. The predicted octanol–water partition coefficient (Wildman–Crippen LogP) is 2.06. The molecule has 0 bridgehead atoms. The van der Waals surface area contributed by atoms with Gasteiger partial charge in [0.05, 0.1) is 43.1 Å². The predicted molar refractivity (Wildman–Crippen MR) is 146 cm³/mol. The highest BCUT2D eigenvalue weighted by atomic mass is 32.2. The van der Waals surface area contributed by atoms with Crippen molar-refractivity contribution in [3.63, 3.8) is 0 Å². The Hall–Kier alpha value is -2.22. The molecule has 39 heavy (non-hydrogen) atoms. The van der Waals surface area contributed by atoms with E-state index in [0.717, 1.165) is 67.8 Å². The molecule has 4 aliphatic heterocycles. The van der Waals surface area contributed by atoms with Gasteiger partial charge in [0.15, 0.2) is 17.4 Å². The maximum absolute atomic E-state index is 10.2. The second kappa shape index (κ2) is 11.3. The van der Waals surface area contributed by atoms with Crippen LogP contribution in [-0.2, 0) is 20.8 Å². The van der Waals surface area contributed by atoms with Gasteiger partial charge in [0.25, 0.3) is 0 Å². The van der Waals surface area contributed by atoms with Gasteiger partial charge in [-0.25, -0.2) is 15.0 Å². The van der Waals surface area contributed by atoms with Crippen molar-refractivity contribution in [1.82, 2.24) is 15.0 Å². The van der Waals surface area contributed by atoms with Crippen molar-refractivity contribution in [2.45, 2.75) is 60.9 Å². The Morgan fingerprint density at radius 1 is 1.26 bits per heavy atom. The molecule has 0 radical (unpaired) electrons. The summed E-state index contributed by atoms with van der Waals surface area (Å²) < 4.78 is 22.7. The van der Waals surface area contributed by atoms with Crippen LogP contribution in [0.5, 0.6) is 5.75 Å². The molecular formula is C27H38N6O5S. The van der Waals surface area contributed by atoms with Gasteiger partial charge in [-0.3, -0.25) is 0 Å². The fraction of sp³-hybridized carbons (Fsp3) is 0.667. The van der Waals surface area contributed by atoms with Gasteiger partial charge in [0, 0.05) is 50.3 Å². The number of aliphatic hydroxyl groups is 1. The number of aliphatic hydroxyl groups excluding tert-OH is 1. The molecule has 6 rings (SSSR count). The van der Waals surface area contributed by atoms with Gasteiger partial charge in [-0.15, -0.1) is 0 Å². The van der Waals surface area contributed by atoms with Crippen LogP contribution in [0.4, 0.5) is 11.6 Å². The summed E-state index contributed by atoms with van der Waals surface area (Å²) in [7, 11) is 1.64. The minimum Gasteiger partial charge on any atom is -0.486 e. The zero-order chi connectivity index (χ0) is 27.0. The SMILES string of the molecule is COCOCC1C[C@@H]2COc3c(Sc4cnc(N5CCC6(CC5)CO[C@@H](C)[C@H]6N)c(CO)n4)ccnc3N2C1. The van der Waals surface area contributed by atoms with Gasteiger partial charge in [-0.05, 0) is 32.3 Å². The monoisotopic (exact) mass is 558 g/mol. The third kappa shape index (κ3) is 5.18. The van der Waals surface area contributed by atoms with Crippen molar-refractivity contribution < 1.29 is 24.1 Å². The van der Waals surface area contributed by atoms with Crippen LogP contribution in [0.3, 0.4) is 0 Å². The van der Waals surface area contributed by atoms with Gasteiger partial charge in [0.2, 0.25) is 0 Å². The molecule has 3 fully saturated rings. The molecule has 1 unspecified atom stereocenters. The highest BCUT2D eigenvalue weighted by Crippen LogP contribution is 2.45. The number of ether oxygens (including phenoxy) is 4. The first-order valence-corrected chi connectivity index (χ1v) is 14.5. The summed E-state index contributed by atoms with van der Waals surface area (Å²) in [5.41, 5.74) is 7.10. The van der Waals surface area contributed by atoms with E-state index in [-0.39, 0.29) is 24.2 Å². The number of methoxy groups -OCH3 is 1. The van der Waals surface area contributed by atoms with Crippen LogP contribution >= 0.6 is 11.8 Å². The average Bonchev–Trinajstić information content (AvgIpc) is 3.50. The van der Waals surface area contributed by atoms with E-state index in [0.29, 0.717) is 42.7 Å². The highest BCUT2D eigenvalue weighted by molar-refractivity contribution is 7.99. The highest BCUT2D eigenvalue weighted by Gasteiger charge is 2.48. The van der Waals surface area contributed by atoms with Crippen molar-refractivity contribution in [1.29, 1.82) is 0 Å². The summed E-state index contributed by atoms with van der Waals surface area (Å²) in [6.07, 6.45) is 6.59. The lowest BCUT2D eigenvalue weighted by Gasteiger charge is -2.41. The summed E-state index contributed by atoms with van der Waals surface area (Å²) in [6.45, 7) is 6.70. The molecule has 212 valence electrons. The standard InChI is InChI=1S/C27H38N6O5S/c1-17-24(28)27(15-38-17)4-7-32(8-5-27)25-20(12-34)31-22(10-30-25)39-21-3-6-29-26-23(21)37-14-19-9-18(11-33(19)26)13-36-16-35-2/h3,6,10,17-19,24,34H,4-5,7-9,11-16,28H2,1-2H3/t17-,18?,19+,24+/m0/s1. The maximum atomic E-state index is 10.2. The Balaban J connectivity index is 1.15. The number of hydrogen-bond acceptors (Lipinski definition) is 12. The third-order valence-electron chi connectivity index (χ3n) is 8.67. The topological polar surface area (TPSA) is 128 Å². The lowest BCUT2D eigenvalue weighted by atomic mass is 9.73. The van der Waals surface area contributed by atoms with Crippen molar-refractivity contribution in [3.8, 4) is 5.75 Å². The number of nitrogens with two attached hydrogens (primary N) is 1. The van der Waals surface area contributed by atoms with Crippen molar-refractivity contribution in [2.75, 3.05) is 63.2 Å². The molecule has 4 aliphatic rings. The van der Waals surface area contributed by atoms with E-state index in [1.165, 1.54) is 11.8 Å². The molecule has 2 aromatic heterocycles. The van der Waals surface area contributed by atoms with Crippen LogP contribution in [-0.4, -0.2) is 91.6 Å². The fourth-order valence-corrected chi connectivity index (χ4v) is 7.30. The molecule has 1 spiro atoms. The Morgan fingerprint density at radius 2 is 2.10 bits per heavy atom. The second-order valence-corrected chi connectivity index (χ2v) is 12.2. The number of aromatic nitrogens is 3. The van der Waals surface area contributed by atoms with E-state index >= 15 is 0 Å². The van der Waals surface area contributed by atoms with Gasteiger partial charge in [-0.1, -0.05) is 11.8 Å². The fourth-order valence-electron chi connectivity index (χ4n) is 6.44. The smallest absolute Gasteiger partial charge is 0.175 e.